The van der Waals surface area contributed by atoms with Gasteiger partial charge in [0.05, 0.1) is 5.54 Å². The van der Waals surface area contributed by atoms with Gasteiger partial charge in [0, 0.05) is 23.7 Å². The van der Waals surface area contributed by atoms with Gasteiger partial charge in [-0.2, -0.15) is 0 Å². The Morgan fingerprint density at radius 1 is 1.35 bits per heavy atom. The van der Waals surface area contributed by atoms with Crippen LogP contribution in [0.3, 0.4) is 0 Å². The van der Waals surface area contributed by atoms with Crippen LogP contribution in [-0.4, -0.2) is 23.8 Å². The van der Waals surface area contributed by atoms with Crippen LogP contribution in [0.5, 0.6) is 0 Å². The molecule has 5 nitrogen and oxygen atoms in total. The molecular weight excluding hydrogens is 274 g/mol. The SMILES string of the molecule is CC(C)(CNCc1sccc1N)NC(=O)OC(C)(C)C. The number of nitrogens with one attached hydrogen (secondary N) is 2. The lowest BCUT2D eigenvalue weighted by Gasteiger charge is -2.28. The second-order valence-electron chi connectivity index (χ2n) is 6.41. The molecule has 0 spiro atoms. The van der Waals surface area contributed by atoms with Gasteiger partial charge in [0.2, 0.25) is 0 Å². The lowest BCUT2D eigenvalue weighted by atomic mass is 10.1. The summed E-state index contributed by atoms with van der Waals surface area (Å²) in [5.74, 6) is 0. The van der Waals surface area contributed by atoms with Gasteiger partial charge >= 0.3 is 6.09 Å². The quantitative estimate of drug-likeness (QED) is 0.781. The fraction of sp³-hybridized carbons (Fsp3) is 0.643. The first kappa shape index (κ1) is 16.8. The molecule has 0 atom stereocenters. The average molecular weight is 299 g/mol. The number of carbonyl (C=O) groups is 1. The first-order valence-electron chi connectivity index (χ1n) is 6.63. The molecule has 1 rings (SSSR count). The van der Waals surface area contributed by atoms with E-state index in [1.807, 2.05) is 46.1 Å². The number of hydrogen-bond donors (Lipinski definition) is 3. The van der Waals surface area contributed by atoms with E-state index in [2.05, 4.69) is 10.6 Å². The summed E-state index contributed by atoms with van der Waals surface area (Å²) in [6.45, 7) is 10.8. The first-order chi connectivity index (χ1) is 9.09. The Balaban J connectivity index is 2.38. The topological polar surface area (TPSA) is 76.4 Å². The van der Waals surface area contributed by atoms with E-state index < -0.39 is 17.2 Å². The van der Waals surface area contributed by atoms with Crippen LogP contribution in [0.15, 0.2) is 11.4 Å². The molecule has 0 radical (unpaired) electrons. The molecule has 4 N–H and O–H groups in total. The summed E-state index contributed by atoms with van der Waals surface area (Å²) >= 11 is 1.62. The molecule has 1 heterocycles. The number of rotatable bonds is 5. The van der Waals surface area contributed by atoms with Crippen molar-refractivity contribution in [3.8, 4) is 0 Å². The Morgan fingerprint density at radius 3 is 2.50 bits per heavy atom. The van der Waals surface area contributed by atoms with E-state index in [-0.39, 0.29) is 0 Å². The smallest absolute Gasteiger partial charge is 0.408 e. The molecule has 0 saturated carbocycles. The highest BCUT2D eigenvalue weighted by molar-refractivity contribution is 7.10. The predicted molar refractivity (Wildman–Crippen MR) is 83.9 cm³/mol. The highest BCUT2D eigenvalue weighted by atomic mass is 32.1. The van der Waals surface area contributed by atoms with Crippen LogP contribution in [0.1, 0.15) is 39.5 Å². The minimum atomic E-state index is -0.487. The largest absolute Gasteiger partial charge is 0.444 e. The van der Waals surface area contributed by atoms with Gasteiger partial charge in [-0.3, -0.25) is 0 Å². The van der Waals surface area contributed by atoms with Gasteiger partial charge in [0.1, 0.15) is 5.60 Å². The zero-order valence-electron chi connectivity index (χ0n) is 12.9. The van der Waals surface area contributed by atoms with Crippen molar-refractivity contribution >= 4 is 23.1 Å². The molecule has 0 saturated heterocycles. The normalized spacial score (nSPS) is 12.2. The van der Waals surface area contributed by atoms with E-state index in [0.717, 1.165) is 10.6 Å². The zero-order chi connectivity index (χ0) is 15.4. The van der Waals surface area contributed by atoms with Gasteiger partial charge in [-0.1, -0.05) is 0 Å². The minimum absolute atomic E-state index is 0.394. The molecule has 20 heavy (non-hydrogen) atoms. The molecule has 0 unspecified atom stereocenters. The minimum Gasteiger partial charge on any atom is -0.444 e. The van der Waals surface area contributed by atoms with Crippen molar-refractivity contribution in [2.45, 2.75) is 52.3 Å². The molecule has 0 aliphatic heterocycles. The van der Waals surface area contributed by atoms with Crippen molar-refractivity contribution in [3.05, 3.63) is 16.3 Å². The van der Waals surface area contributed by atoms with Crippen molar-refractivity contribution in [1.29, 1.82) is 0 Å². The number of alkyl carbamates (subject to hydrolysis) is 1. The van der Waals surface area contributed by atoms with E-state index in [4.69, 9.17) is 10.5 Å². The Morgan fingerprint density at radius 2 is 2.00 bits per heavy atom. The number of hydrogen-bond acceptors (Lipinski definition) is 5. The van der Waals surface area contributed by atoms with Crippen LogP contribution < -0.4 is 16.4 Å². The molecule has 6 heteroatoms. The summed E-state index contributed by atoms with van der Waals surface area (Å²) in [6.07, 6.45) is -0.403. The molecule has 0 fully saturated rings. The first-order valence-corrected chi connectivity index (χ1v) is 7.51. The van der Waals surface area contributed by atoms with Crippen molar-refractivity contribution in [2.24, 2.45) is 0 Å². The summed E-state index contributed by atoms with van der Waals surface area (Å²) in [6, 6.07) is 1.89. The standard InChI is InChI=1S/C14H25N3O2S/c1-13(2,3)19-12(18)17-14(4,5)9-16-8-11-10(15)6-7-20-11/h6-7,16H,8-9,15H2,1-5H3,(H,17,18). The number of nitrogen functional groups attached to an aromatic ring is 1. The number of carbonyl (C=O) groups excluding carboxylic acids is 1. The molecule has 0 bridgehead atoms. The van der Waals surface area contributed by atoms with Crippen LogP contribution in [0.2, 0.25) is 0 Å². The number of thiophene rings is 1. The van der Waals surface area contributed by atoms with Crippen LogP contribution in [0.4, 0.5) is 10.5 Å². The Kier molecular flexibility index (Phi) is 5.42. The van der Waals surface area contributed by atoms with Gasteiger partial charge in [0.15, 0.2) is 0 Å². The Labute approximate surface area is 124 Å². The number of nitrogens with two attached hydrogens (primary N) is 1. The zero-order valence-corrected chi connectivity index (χ0v) is 13.7. The highest BCUT2D eigenvalue weighted by Gasteiger charge is 2.24. The molecule has 1 aromatic heterocycles. The summed E-state index contributed by atoms with van der Waals surface area (Å²) in [5.41, 5.74) is 5.75. The van der Waals surface area contributed by atoms with Crippen LogP contribution >= 0.6 is 11.3 Å². The molecule has 0 aliphatic carbocycles. The van der Waals surface area contributed by atoms with E-state index in [9.17, 15) is 4.79 Å². The van der Waals surface area contributed by atoms with Gasteiger partial charge in [-0.15, -0.1) is 11.3 Å². The Hall–Kier alpha value is -1.27. The third-order valence-electron chi connectivity index (χ3n) is 2.47. The van der Waals surface area contributed by atoms with Crippen LogP contribution in [-0.2, 0) is 11.3 Å². The maximum atomic E-state index is 11.7. The predicted octanol–water partition coefficient (Wildman–Crippen LogP) is 2.72. The van der Waals surface area contributed by atoms with E-state index in [1.54, 1.807) is 11.3 Å². The van der Waals surface area contributed by atoms with Gasteiger partial charge in [0.25, 0.3) is 0 Å². The maximum Gasteiger partial charge on any atom is 0.408 e. The molecule has 114 valence electrons. The fourth-order valence-electron chi connectivity index (χ4n) is 1.61. The number of anilines is 1. The fourth-order valence-corrected chi connectivity index (χ4v) is 2.38. The summed E-state index contributed by atoms with van der Waals surface area (Å²) in [7, 11) is 0. The average Bonchev–Trinajstić information content (AvgIpc) is 2.60. The third kappa shape index (κ3) is 6.25. The number of ether oxygens (including phenoxy) is 1. The third-order valence-corrected chi connectivity index (χ3v) is 3.41. The Bertz CT molecular complexity index is 450. The van der Waals surface area contributed by atoms with Crippen molar-refractivity contribution in [2.75, 3.05) is 12.3 Å². The van der Waals surface area contributed by atoms with E-state index in [0.29, 0.717) is 13.1 Å². The lowest BCUT2D eigenvalue weighted by molar-refractivity contribution is 0.0472. The number of amides is 1. The van der Waals surface area contributed by atoms with Crippen molar-refractivity contribution < 1.29 is 9.53 Å². The maximum absolute atomic E-state index is 11.7. The lowest BCUT2D eigenvalue weighted by Crippen LogP contribution is -2.51. The summed E-state index contributed by atoms with van der Waals surface area (Å²) < 4.78 is 5.25. The van der Waals surface area contributed by atoms with Crippen LogP contribution in [0, 0.1) is 0 Å². The molecule has 0 aromatic carbocycles. The van der Waals surface area contributed by atoms with Gasteiger partial charge < -0.3 is 21.1 Å². The van der Waals surface area contributed by atoms with E-state index in [1.165, 1.54) is 0 Å². The molecular formula is C14H25N3O2S. The second-order valence-corrected chi connectivity index (χ2v) is 7.41. The molecule has 1 amide bonds. The van der Waals surface area contributed by atoms with Crippen LogP contribution in [0.25, 0.3) is 0 Å². The van der Waals surface area contributed by atoms with Crippen molar-refractivity contribution in [1.82, 2.24) is 10.6 Å². The van der Waals surface area contributed by atoms with Gasteiger partial charge in [-0.25, -0.2) is 4.79 Å². The summed E-state index contributed by atoms with van der Waals surface area (Å²) in [4.78, 5) is 12.9. The van der Waals surface area contributed by atoms with E-state index >= 15 is 0 Å². The second kappa shape index (κ2) is 6.45. The molecule has 1 aromatic rings. The van der Waals surface area contributed by atoms with Crippen molar-refractivity contribution in [3.63, 3.8) is 0 Å². The van der Waals surface area contributed by atoms with Gasteiger partial charge in [-0.05, 0) is 46.1 Å². The molecule has 0 aliphatic rings. The summed E-state index contributed by atoms with van der Waals surface area (Å²) in [5, 5.41) is 8.12. The monoisotopic (exact) mass is 299 g/mol. The highest BCUT2D eigenvalue weighted by Crippen LogP contribution is 2.18.